The third kappa shape index (κ3) is 3.79. The van der Waals surface area contributed by atoms with Crippen LogP contribution in [0.2, 0.25) is 0 Å². The van der Waals surface area contributed by atoms with E-state index >= 15 is 0 Å². The van der Waals surface area contributed by atoms with Gasteiger partial charge in [0, 0.05) is 17.5 Å². The van der Waals surface area contributed by atoms with E-state index in [0.29, 0.717) is 0 Å². The zero-order valence-corrected chi connectivity index (χ0v) is 12.8. The van der Waals surface area contributed by atoms with Crippen LogP contribution in [0.3, 0.4) is 0 Å². The predicted octanol–water partition coefficient (Wildman–Crippen LogP) is 4.21. The fraction of sp³-hybridized carbons (Fsp3) is 0.800. The lowest BCUT2D eigenvalue weighted by Gasteiger charge is -2.29. The summed E-state index contributed by atoms with van der Waals surface area (Å²) in [5.74, 6) is 1.00. The minimum atomic E-state index is 0.736. The lowest BCUT2D eigenvalue weighted by Crippen LogP contribution is -2.32. The molecule has 0 bridgehead atoms. The topological polar surface area (TPSA) is 24.9 Å². The van der Waals surface area contributed by atoms with Gasteiger partial charge in [-0.1, -0.05) is 19.8 Å². The Morgan fingerprint density at radius 3 is 2.50 bits per heavy atom. The molecule has 1 N–H and O–H groups in total. The summed E-state index contributed by atoms with van der Waals surface area (Å²) >= 11 is 1.84. The van der Waals surface area contributed by atoms with Crippen molar-refractivity contribution in [3.05, 3.63) is 15.6 Å². The van der Waals surface area contributed by atoms with Gasteiger partial charge in [-0.25, -0.2) is 4.98 Å². The number of hydrogen-bond acceptors (Lipinski definition) is 3. The van der Waals surface area contributed by atoms with Crippen molar-refractivity contribution in [1.82, 2.24) is 10.3 Å². The highest BCUT2D eigenvalue weighted by molar-refractivity contribution is 7.11. The highest BCUT2D eigenvalue weighted by Gasteiger charge is 2.20. The van der Waals surface area contributed by atoms with Gasteiger partial charge >= 0.3 is 0 Å². The van der Waals surface area contributed by atoms with Crippen LogP contribution in [0.5, 0.6) is 0 Å². The zero-order valence-electron chi connectivity index (χ0n) is 12.0. The van der Waals surface area contributed by atoms with Crippen molar-refractivity contribution >= 4 is 11.3 Å². The highest BCUT2D eigenvalue weighted by Crippen LogP contribution is 2.28. The van der Waals surface area contributed by atoms with E-state index in [1.165, 1.54) is 54.1 Å². The van der Waals surface area contributed by atoms with E-state index in [1.807, 2.05) is 11.3 Å². The Bertz CT molecular complexity index is 365. The molecule has 2 nitrogen and oxygen atoms in total. The van der Waals surface area contributed by atoms with Crippen LogP contribution in [0, 0.1) is 19.8 Å². The second-order valence-electron chi connectivity index (χ2n) is 5.63. The molecule has 1 heterocycles. The molecule has 1 aromatic heterocycles. The van der Waals surface area contributed by atoms with Gasteiger partial charge in [-0.15, -0.1) is 11.3 Å². The van der Waals surface area contributed by atoms with Crippen LogP contribution in [0.1, 0.15) is 61.0 Å². The summed E-state index contributed by atoms with van der Waals surface area (Å²) in [6, 6.07) is 0.736. The fourth-order valence-corrected chi connectivity index (χ4v) is 3.93. The summed E-state index contributed by atoms with van der Waals surface area (Å²) in [6.07, 6.45) is 8.35. The van der Waals surface area contributed by atoms with Gasteiger partial charge < -0.3 is 5.32 Å². The lowest BCUT2D eigenvalue weighted by molar-refractivity contribution is 0.278. The molecule has 0 spiro atoms. The lowest BCUT2D eigenvalue weighted by atomic mass is 9.83. The molecule has 0 saturated heterocycles. The first-order chi connectivity index (χ1) is 8.69. The minimum Gasteiger partial charge on any atom is -0.309 e. The zero-order chi connectivity index (χ0) is 13.0. The molecule has 18 heavy (non-hydrogen) atoms. The van der Waals surface area contributed by atoms with E-state index < -0.39 is 0 Å². The molecule has 1 aromatic rings. The molecule has 1 saturated carbocycles. The van der Waals surface area contributed by atoms with Gasteiger partial charge in [0.05, 0.1) is 10.7 Å². The van der Waals surface area contributed by atoms with Crippen LogP contribution < -0.4 is 5.32 Å². The van der Waals surface area contributed by atoms with Crippen LogP contribution in [0.25, 0.3) is 0 Å². The van der Waals surface area contributed by atoms with Crippen LogP contribution in [-0.4, -0.2) is 11.0 Å². The number of rotatable bonds is 5. The van der Waals surface area contributed by atoms with Crippen molar-refractivity contribution in [2.75, 3.05) is 0 Å². The summed E-state index contributed by atoms with van der Waals surface area (Å²) < 4.78 is 0. The van der Waals surface area contributed by atoms with Crippen LogP contribution >= 0.6 is 11.3 Å². The van der Waals surface area contributed by atoms with E-state index in [9.17, 15) is 0 Å². The number of aromatic nitrogens is 1. The van der Waals surface area contributed by atoms with Crippen molar-refractivity contribution in [3.63, 3.8) is 0 Å². The minimum absolute atomic E-state index is 0.736. The SMILES string of the molecule is CCCC1CCC(NCc2sc(C)nc2C)CC1. The quantitative estimate of drug-likeness (QED) is 0.863. The molecule has 0 unspecified atom stereocenters. The normalized spacial score (nSPS) is 24.4. The molecular weight excluding hydrogens is 240 g/mol. The van der Waals surface area contributed by atoms with E-state index in [2.05, 4.69) is 31.1 Å². The second-order valence-corrected chi connectivity index (χ2v) is 6.92. The summed E-state index contributed by atoms with van der Waals surface area (Å²) in [5, 5.41) is 4.92. The maximum atomic E-state index is 4.49. The first kappa shape index (κ1) is 14.0. The highest BCUT2D eigenvalue weighted by atomic mass is 32.1. The molecular formula is C15H26N2S. The van der Waals surface area contributed by atoms with Gasteiger partial charge in [0.15, 0.2) is 0 Å². The average molecular weight is 266 g/mol. The van der Waals surface area contributed by atoms with Gasteiger partial charge in [-0.2, -0.15) is 0 Å². The third-order valence-corrected chi connectivity index (χ3v) is 5.17. The Labute approximate surface area is 115 Å². The second kappa shape index (κ2) is 6.67. The molecule has 1 aliphatic rings. The molecule has 1 fully saturated rings. The Balaban J connectivity index is 1.74. The van der Waals surface area contributed by atoms with E-state index in [-0.39, 0.29) is 0 Å². The molecule has 0 aromatic carbocycles. The molecule has 0 aliphatic heterocycles. The predicted molar refractivity (Wildman–Crippen MR) is 79.1 cm³/mol. The molecule has 1 aliphatic carbocycles. The first-order valence-corrected chi connectivity index (χ1v) is 8.17. The summed E-state index contributed by atoms with van der Waals surface area (Å²) in [6.45, 7) is 7.54. The fourth-order valence-electron chi connectivity index (χ4n) is 3.04. The van der Waals surface area contributed by atoms with Gasteiger partial charge in [0.25, 0.3) is 0 Å². The smallest absolute Gasteiger partial charge is 0.0900 e. The van der Waals surface area contributed by atoms with Crippen molar-refractivity contribution in [1.29, 1.82) is 0 Å². The molecule has 0 amide bonds. The number of aryl methyl sites for hydroxylation is 2. The molecule has 0 radical (unpaired) electrons. The van der Waals surface area contributed by atoms with Gasteiger partial charge in [0.1, 0.15) is 0 Å². The van der Waals surface area contributed by atoms with Crippen LogP contribution in [0.4, 0.5) is 0 Å². The summed E-state index contributed by atoms with van der Waals surface area (Å²) in [7, 11) is 0. The van der Waals surface area contributed by atoms with Gasteiger partial charge in [-0.05, 0) is 45.4 Å². The summed E-state index contributed by atoms with van der Waals surface area (Å²) in [5.41, 5.74) is 1.21. The van der Waals surface area contributed by atoms with Crippen molar-refractivity contribution in [3.8, 4) is 0 Å². The number of nitrogens with one attached hydrogen (secondary N) is 1. The number of nitrogens with zero attached hydrogens (tertiary/aromatic N) is 1. The molecule has 102 valence electrons. The van der Waals surface area contributed by atoms with Crippen LogP contribution in [0.15, 0.2) is 0 Å². The maximum Gasteiger partial charge on any atom is 0.0900 e. The molecule has 0 atom stereocenters. The Kier molecular flexibility index (Phi) is 5.19. The maximum absolute atomic E-state index is 4.49. The number of thiazole rings is 1. The number of hydrogen-bond donors (Lipinski definition) is 1. The van der Waals surface area contributed by atoms with E-state index in [1.54, 1.807) is 0 Å². The van der Waals surface area contributed by atoms with Gasteiger partial charge in [0.2, 0.25) is 0 Å². The molecule has 3 heteroatoms. The average Bonchev–Trinajstić information content (AvgIpc) is 2.67. The Morgan fingerprint density at radius 1 is 1.22 bits per heavy atom. The summed E-state index contributed by atoms with van der Waals surface area (Å²) in [4.78, 5) is 5.91. The van der Waals surface area contributed by atoms with Crippen molar-refractivity contribution < 1.29 is 0 Å². The van der Waals surface area contributed by atoms with Gasteiger partial charge in [-0.3, -0.25) is 0 Å². The third-order valence-electron chi connectivity index (χ3n) is 4.09. The van der Waals surface area contributed by atoms with Crippen LogP contribution in [-0.2, 0) is 6.54 Å². The Hall–Kier alpha value is -0.410. The monoisotopic (exact) mass is 266 g/mol. The van der Waals surface area contributed by atoms with Crippen molar-refractivity contribution in [2.45, 2.75) is 71.9 Å². The Morgan fingerprint density at radius 2 is 1.94 bits per heavy atom. The van der Waals surface area contributed by atoms with E-state index in [4.69, 9.17) is 0 Å². The first-order valence-electron chi connectivity index (χ1n) is 7.35. The van der Waals surface area contributed by atoms with Crippen molar-refractivity contribution in [2.24, 2.45) is 5.92 Å². The standard InChI is InChI=1S/C15H26N2S/c1-4-5-13-6-8-14(9-7-13)16-10-15-11(2)17-12(3)18-15/h13-14,16H,4-10H2,1-3H3. The largest absolute Gasteiger partial charge is 0.309 e. The van der Waals surface area contributed by atoms with E-state index in [0.717, 1.165) is 18.5 Å². The molecule has 2 rings (SSSR count).